The number of carbonyl (C=O) groups is 5. The summed E-state index contributed by atoms with van der Waals surface area (Å²) < 4.78 is 0. The van der Waals surface area contributed by atoms with Gasteiger partial charge in [0, 0.05) is 65.4 Å². The zero-order valence-electron chi connectivity index (χ0n) is 25.7. The maximum absolute atomic E-state index is 13.9. The Morgan fingerprint density at radius 3 is 1.85 bits per heavy atom. The summed E-state index contributed by atoms with van der Waals surface area (Å²) in [7, 11) is 0. The maximum atomic E-state index is 13.9. The number of hydrogen-bond acceptors (Lipinski definition) is 7. The molecule has 0 fully saturated rings. The average Bonchev–Trinajstić information content (AvgIpc) is 3.83. The molecule has 10 N–H and O–H groups in total. The van der Waals surface area contributed by atoms with Gasteiger partial charge in [0.1, 0.15) is 18.1 Å². The van der Waals surface area contributed by atoms with Crippen LogP contribution in [0.3, 0.4) is 0 Å². The molecule has 0 spiro atoms. The van der Waals surface area contributed by atoms with Crippen molar-refractivity contribution in [2.75, 3.05) is 0 Å². The molecule has 0 radical (unpaired) electrons. The van der Waals surface area contributed by atoms with Crippen molar-refractivity contribution in [2.24, 2.45) is 5.73 Å². The molecule has 15 heteroatoms. The van der Waals surface area contributed by atoms with E-state index >= 15 is 0 Å². The van der Waals surface area contributed by atoms with Crippen molar-refractivity contribution in [3.05, 3.63) is 90.3 Å². The van der Waals surface area contributed by atoms with Crippen LogP contribution in [0.2, 0.25) is 0 Å². The second-order valence-corrected chi connectivity index (χ2v) is 11.5. The SMILES string of the molecule is NC(Cc1c[nH]c2ccccc12)C(=O)NC(Cc1c[nH]c2ccccc12)C(=O)NC(CCC(=O)O)C(=O)NC(Cc1cnc[nH]1)C(=O)O. The lowest BCUT2D eigenvalue weighted by Gasteiger charge is -2.25. The number of rotatable bonds is 16. The Kier molecular flexibility index (Phi) is 10.5. The largest absolute Gasteiger partial charge is 0.481 e. The fourth-order valence-electron chi connectivity index (χ4n) is 5.54. The van der Waals surface area contributed by atoms with Gasteiger partial charge in [-0.25, -0.2) is 9.78 Å². The van der Waals surface area contributed by atoms with Crippen LogP contribution in [0.4, 0.5) is 0 Å². The minimum atomic E-state index is -1.43. The van der Waals surface area contributed by atoms with Crippen molar-refractivity contribution < 1.29 is 34.2 Å². The van der Waals surface area contributed by atoms with E-state index in [2.05, 4.69) is 35.9 Å². The Morgan fingerprint density at radius 1 is 0.708 bits per heavy atom. The van der Waals surface area contributed by atoms with Gasteiger partial charge >= 0.3 is 11.9 Å². The van der Waals surface area contributed by atoms with Gasteiger partial charge in [0.15, 0.2) is 0 Å². The molecular weight excluding hydrogens is 620 g/mol. The van der Waals surface area contributed by atoms with E-state index < -0.39 is 60.2 Å². The van der Waals surface area contributed by atoms with Crippen molar-refractivity contribution >= 4 is 51.5 Å². The molecule has 5 rings (SSSR count). The first-order valence-electron chi connectivity index (χ1n) is 15.3. The van der Waals surface area contributed by atoms with E-state index in [-0.39, 0.29) is 25.7 Å². The Morgan fingerprint density at radius 2 is 1.27 bits per heavy atom. The van der Waals surface area contributed by atoms with E-state index in [1.165, 1.54) is 12.5 Å². The number of carboxylic acids is 2. The third-order valence-corrected chi connectivity index (χ3v) is 8.06. The van der Waals surface area contributed by atoms with E-state index in [0.29, 0.717) is 11.3 Å². The summed E-state index contributed by atoms with van der Waals surface area (Å²) in [4.78, 5) is 76.9. The van der Waals surface area contributed by atoms with Gasteiger partial charge in [-0.05, 0) is 36.1 Å². The summed E-state index contributed by atoms with van der Waals surface area (Å²) in [6.07, 6.45) is 5.48. The molecule has 2 aromatic carbocycles. The van der Waals surface area contributed by atoms with E-state index in [4.69, 9.17) is 5.73 Å². The van der Waals surface area contributed by atoms with Crippen LogP contribution in [0.5, 0.6) is 0 Å². The Bertz CT molecular complexity index is 1910. The van der Waals surface area contributed by atoms with E-state index in [0.717, 1.165) is 27.4 Å². The van der Waals surface area contributed by atoms with E-state index in [1.807, 2.05) is 48.5 Å². The van der Waals surface area contributed by atoms with Crippen LogP contribution in [0.15, 0.2) is 73.4 Å². The lowest BCUT2D eigenvalue weighted by Crippen LogP contribution is -2.58. The highest BCUT2D eigenvalue weighted by atomic mass is 16.4. The van der Waals surface area contributed by atoms with Gasteiger partial charge < -0.3 is 46.8 Å². The molecule has 48 heavy (non-hydrogen) atoms. The first-order chi connectivity index (χ1) is 23.1. The predicted molar refractivity (Wildman–Crippen MR) is 175 cm³/mol. The van der Waals surface area contributed by atoms with Crippen molar-refractivity contribution in [1.29, 1.82) is 0 Å². The number of nitrogens with one attached hydrogen (secondary N) is 6. The molecule has 250 valence electrons. The lowest BCUT2D eigenvalue weighted by atomic mass is 10.0. The number of nitrogens with zero attached hydrogens (tertiary/aromatic N) is 1. The van der Waals surface area contributed by atoms with Gasteiger partial charge in [-0.2, -0.15) is 0 Å². The zero-order chi connectivity index (χ0) is 34.2. The van der Waals surface area contributed by atoms with Crippen molar-refractivity contribution in [3.8, 4) is 0 Å². The number of aromatic nitrogens is 4. The molecule has 5 aromatic rings. The number of carbonyl (C=O) groups excluding carboxylic acids is 3. The third kappa shape index (κ3) is 8.24. The van der Waals surface area contributed by atoms with E-state index in [1.54, 1.807) is 12.4 Å². The molecule has 3 amide bonds. The number of hydrogen-bond donors (Lipinski definition) is 9. The molecular formula is C33H36N8O7. The van der Waals surface area contributed by atoms with Gasteiger partial charge in [0.2, 0.25) is 17.7 Å². The molecule has 0 aliphatic carbocycles. The van der Waals surface area contributed by atoms with Crippen LogP contribution in [0, 0.1) is 0 Å². The monoisotopic (exact) mass is 656 g/mol. The number of aliphatic carboxylic acids is 2. The minimum absolute atomic E-state index is 0.00619. The van der Waals surface area contributed by atoms with Crippen molar-refractivity contribution in [3.63, 3.8) is 0 Å². The van der Waals surface area contributed by atoms with Crippen LogP contribution in [-0.4, -0.2) is 84.0 Å². The number of nitrogens with two attached hydrogens (primary N) is 1. The highest BCUT2D eigenvalue weighted by Crippen LogP contribution is 2.21. The highest BCUT2D eigenvalue weighted by molar-refractivity contribution is 5.95. The predicted octanol–water partition coefficient (Wildman–Crippen LogP) is 1.13. The van der Waals surface area contributed by atoms with Crippen LogP contribution in [0.1, 0.15) is 29.7 Å². The molecule has 3 aromatic heterocycles. The van der Waals surface area contributed by atoms with Crippen molar-refractivity contribution in [1.82, 2.24) is 35.9 Å². The van der Waals surface area contributed by atoms with E-state index in [9.17, 15) is 34.2 Å². The smallest absolute Gasteiger partial charge is 0.326 e. The summed E-state index contributed by atoms with van der Waals surface area (Å²) in [5.74, 6) is -4.85. The fraction of sp³-hybridized carbons (Fsp3) is 0.273. The minimum Gasteiger partial charge on any atom is -0.481 e. The van der Waals surface area contributed by atoms with Gasteiger partial charge in [0.05, 0.1) is 12.4 Å². The zero-order valence-corrected chi connectivity index (χ0v) is 25.7. The van der Waals surface area contributed by atoms with Crippen LogP contribution in [-0.2, 0) is 43.2 Å². The first kappa shape index (κ1) is 33.4. The second kappa shape index (κ2) is 15.1. The lowest BCUT2D eigenvalue weighted by molar-refractivity contribution is -0.143. The molecule has 0 saturated heterocycles. The van der Waals surface area contributed by atoms with Gasteiger partial charge in [-0.1, -0.05) is 36.4 Å². The molecule has 0 saturated carbocycles. The van der Waals surface area contributed by atoms with Crippen LogP contribution >= 0.6 is 0 Å². The maximum Gasteiger partial charge on any atom is 0.326 e. The average molecular weight is 657 g/mol. The fourth-order valence-corrected chi connectivity index (χ4v) is 5.54. The number of fused-ring (bicyclic) bond motifs is 2. The molecule has 4 atom stereocenters. The molecule has 4 unspecified atom stereocenters. The summed E-state index contributed by atoms with van der Waals surface area (Å²) >= 11 is 0. The molecule has 15 nitrogen and oxygen atoms in total. The third-order valence-electron chi connectivity index (χ3n) is 8.06. The second-order valence-electron chi connectivity index (χ2n) is 11.5. The summed E-state index contributed by atoms with van der Waals surface area (Å²) in [5, 5.41) is 28.4. The molecule has 0 bridgehead atoms. The highest BCUT2D eigenvalue weighted by Gasteiger charge is 2.31. The standard InChI is InChI=1S/C33H36N8O7/c34-23(11-18-14-36-24-7-3-1-5-21(18)24)30(44)40-27(12-19-15-37-25-8-4-2-6-22(19)25)32(46)39-26(9-10-29(42)43)31(45)41-28(33(47)48)13-20-16-35-17-38-20/h1-8,14-17,23,26-28,36-37H,9-13,34H2,(H,35,38)(H,39,46)(H,40,44)(H,41,45)(H,42,43)(H,47,48). The summed E-state index contributed by atoms with van der Waals surface area (Å²) in [5.41, 5.74) is 9.99. The Balaban J connectivity index is 1.35. The normalized spacial score (nSPS) is 13.8. The van der Waals surface area contributed by atoms with Crippen LogP contribution < -0.4 is 21.7 Å². The molecule has 0 aliphatic rings. The molecule has 0 aliphatic heterocycles. The van der Waals surface area contributed by atoms with Gasteiger partial charge in [-0.15, -0.1) is 0 Å². The summed E-state index contributed by atoms with van der Waals surface area (Å²) in [6.45, 7) is 0. The Labute approximate surface area is 273 Å². The quantitative estimate of drug-likeness (QED) is 0.0737. The summed E-state index contributed by atoms with van der Waals surface area (Å²) in [6, 6.07) is 9.87. The number of benzene rings is 2. The first-order valence-corrected chi connectivity index (χ1v) is 15.3. The molecule has 3 heterocycles. The van der Waals surface area contributed by atoms with Gasteiger partial charge in [0.25, 0.3) is 0 Å². The number of para-hydroxylation sites is 2. The number of H-pyrrole nitrogens is 3. The van der Waals surface area contributed by atoms with Gasteiger partial charge in [-0.3, -0.25) is 19.2 Å². The topological polar surface area (TPSA) is 248 Å². The number of amides is 3. The Hall–Kier alpha value is -5.96. The van der Waals surface area contributed by atoms with Crippen LogP contribution in [0.25, 0.3) is 21.8 Å². The number of aromatic amines is 3. The number of carboxylic acid groups (broad SMARTS) is 2. The van der Waals surface area contributed by atoms with Crippen molar-refractivity contribution in [2.45, 2.75) is 56.3 Å². The number of imidazole rings is 1.